The summed E-state index contributed by atoms with van der Waals surface area (Å²) in [6.07, 6.45) is -6.89. The van der Waals surface area contributed by atoms with Gasteiger partial charge in [0.25, 0.3) is 0 Å². The third-order valence-electron chi connectivity index (χ3n) is 3.68. The molecule has 5 unspecified atom stereocenters. The average molecular weight is 345 g/mol. The van der Waals surface area contributed by atoms with Gasteiger partial charge in [-0.3, -0.25) is 5.21 Å². The number of nitrogens with zero attached hydrogens (tertiary/aromatic N) is 1. The minimum Gasteiger partial charge on any atom is -0.733 e. The Kier molecular flexibility index (Phi) is 6.18. The molecule has 10 nitrogen and oxygen atoms in total. The molecule has 0 aliphatic carbocycles. The highest BCUT2D eigenvalue weighted by Gasteiger charge is 2.43. The number of benzene rings is 1. The first kappa shape index (κ1) is 18.7. The first-order valence-corrected chi connectivity index (χ1v) is 7.39. The number of hydrogen-bond donors (Lipinski definition) is 6. The molecule has 10 heteroatoms. The summed E-state index contributed by atoms with van der Waals surface area (Å²) in [6.45, 7) is 1.55. The Morgan fingerprint density at radius 2 is 1.96 bits per heavy atom. The maximum atomic E-state index is 11.3. The predicted molar refractivity (Wildman–Crippen MR) is 82.6 cm³/mol. The summed E-state index contributed by atoms with van der Waals surface area (Å²) in [5.74, 6) is 0.349. The molecular formula is C14H21N2O8-. The lowest BCUT2D eigenvalue weighted by Crippen LogP contribution is -2.60. The second-order valence-corrected chi connectivity index (χ2v) is 5.28. The monoisotopic (exact) mass is 345 g/mol. The normalized spacial score (nSPS) is 30.0. The molecule has 5 atom stereocenters. The van der Waals surface area contributed by atoms with Crippen LogP contribution in [0.25, 0.3) is 0 Å². The Bertz CT molecular complexity index is 542. The van der Waals surface area contributed by atoms with Crippen molar-refractivity contribution in [1.82, 2.24) is 0 Å². The smallest absolute Gasteiger partial charge is 0.157 e. The Balaban J connectivity index is 2.22. The molecule has 1 aromatic rings. The van der Waals surface area contributed by atoms with E-state index in [1.54, 1.807) is 6.92 Å². The van der Waals surface area contributed by atoms with Crippen LogP contribution < -0.4 is 15.3 Å². The van der Waals surface area contributed by atoms with E-state index in [1.165, 1.54) is 18.2 Å². The number of ether oxygens (including phenoxy) is 2. The Morgan fingerprint density at radius 3 is 2.54 bits per heavy atom. The van der Waals surface area contributed by atoms with Gasteiger partial charge in [-0.05, 0) is 19.1 Å². The fraction of sp³-hybridized carbons (Fsp3) is 0.571. The Hall–Kier alpha value is -1.66. The average Bonchev–Trinajstić information content (AvgIpc) is 2.56. The van der Waals surface area contributed by atoms with Gasteiger partial charge in [-0.25, -0.2) is 0 Å². The zero-order chi connectivity index (χ0) is 17.9. The van der Waals surface area contributed by atoms with Gasteiger partial charge in [0.05, 0.1) is 24.6 Å². The Morgan fingerprint density at radius 1 is 1.25 bits per heavy atom. The van der Waals surface area contributed by atoms with E-state index in [1.807, 2.05) is 0 Å². The number of rotatable bonds is 6. The van der Waals surface area contributed by atoms with Crippen molar-refractivity contribution in [2.24, 2.45) is 0 Å². The summed E-state index contributed by atoms with van der Waals surface area (Å²) in [7, 11) is 0. The third kappa shape index (κ3) is 3.87. The predicted octanol–water partition coefficient (Wildman–Crippen LogP) is -1.01. The second-order valence-electron chi connectivity index (χ2n) is 5.28. The summed E-state index contributed by atoms with van der Waals surface area (Å²) in [5.41, 5.74) is -0.0989. The number of aliphatic hydroxyl groups is 4. The minimum absolute atomic E-state index is 0.0975. The third-order valence-corrected chi connectivity index (χ3v) is 3.68. The Labute approximate surface area is 138 Å². The lowest BCUT2D eigenvalue weighted by molar-refractivity contribution is -0.221. The second kappa shape index (κ2) is 7.94. The van der Waals surface area contributed by atoms with E-state index < -0.39 is 37.3 Å². The fourth-order valence-electron chi connectivity index (χ4n) is 2.42. The van der Waals surface area contributed by atoms with Crippen LogP contribution in [0.3, 0.4) is 0 Å². The molecule has 1 fully saturated rings. The summed E-state index contributed by atoms with van der Waals surface area (Å²) in [4.78, 5) is 0. The van der Waals surface area contributed by atoms with Crippen molar-refractivity contribution in [3.05, 3.63) is 23.4 Å². The van der Waals surface area contributed by atoms with E-state index in [-0.39, 0.29) is 16.6 Å². The lowest BCUT2D eigenvalue weighted by Gasteiger charge is -2.41. The molecular weight excluding hydrogens is 324 g/mol. The molecule has 0 amide bonds. The highest BCUT2D eigenvalue weighted by atomic mass is 16.8. The van der Waals surface area contributed by atoms with Gasteiger partial charge in [0.1, 0.15) is 30.2 Å². The number of hydrogen-bond acceptors (Lipinski definition) is 10. The molecule has 1 heterocycles. The largest absolute Gasteiger partial charge is 0.733 e. The first-order valence-electron chi connectivity index (χ1n) is 7.39. The van der Waals surface area contributed by atoms with Crippen LogP contribution in [0.2, 0.25) is 0 Å². The molecule has 136 valence electrons. The van der Waals surface area contributed by atoms with Gasteiger partial charge < -0.3 is 45.7 Å². The first-order chi connectivity index (χ1) is 11.4. The van der Waals surface area contributed by atoms with E-state index in [2.05, 4.69) is 5.32 Å². The molecule has 2 rings (SSSR count). The van der Waals surface area contributed by atoms with Crippen LogP contribution in [0.4, 0.5) is 11.4 Å². The van der Waals surface area contributed by atoms with Crippen LogP contribution in [0.1, 0.15) is 6.92 Å². The topological polar surface area (TPSA) is 158 Å². The van der Waals surface area contributed by atoms with Crippen molar-refractivity contribution in [3.8, 4) is 5.75 Å². The summed E-state index contributed by atoms with van der Waals surface area (Å²) < 4.78 is 10.5. The van der Waals surface area contributed by atoms with E-state index >= 15 is 0 Å². The van der Waals surface area contributed by atoms with Crippen molar-refractivity contribution >= 4 is 11.4 Å². The molecule has 6 N–H and O–H groups in total. The molecule has 0 spiro atoms. The highest BCUT2D eigenvalue weighted by molar-refractivity contribution is 5.71. The number of nitrogens with one attached hydrogen (secondary N) is 1. The number of anilines is 2. The highest BCUT2D eigenvalue weighted by Crippen LogP contribution is 2.32. The van der Waals surface area contributed by atoms with Gasteiger partial charge in [0, 0.05) is 6.07 Å². The SMILES string of the molecule is CCOc1ccc(NC2OC(CO)C(O)C(O)C2O)c(N([O-])O)c1. The maximum absolute atomic E-state index is 11.3. The maximum Gasteiger partial charge on any atom is 0.157 e. The van der Waals surface area contributed by atoms with E-state index in [0.717, 1.165) is 0 Å². The van der Waals surface area contributed by atoms with Crippen LogP contribution in [0, 0.1) is 5.21 Å². The van der Waals surface area contributed by atoms with Crippen LogP contribution in [0.5, 0.6) is 5.75 Å². The van der Waals surface area contributed by atoms with Gasteiger partial charge in [-0.1, -0.05) is 0 Å². The molecule has 1 aliphatic heterocycles. The van der Waals surface area contributed by atoms with Gasteiger partial charge in [-0.15, -0.1) is 0 Å². The van der Waals surface area contributed by atoms with Gasteiger partial charge in [0.2, 0.25) is 0 Å². The molecule has 0 bridgehead atoms. The van der Waals surface area contributed by atoms with Crippen LogP contribution in [-0.2, 0) is 4.74 Å². The van der Waals surface area contributed by atoms with Gasteiger partial charge in [-0.2, -0.15) is 0 Å². The molecule has 0 aromatic heterocycles. The lowest BCUT2D eigenvalue weighted by atomic mass is 9.98. The van der Waals surface area contributed by atoms with Crippen molar-refractivity contribution in [2.75, 3.05) is 23.8 Å². The zero-order valence-corrected chi connectivity index (χ0v) is 12.9. The standard InChI is InChI=1S/C14H21N2O8/c1-2-23-7-3-4-8(9(5-7)16(21)22)15-14-13(20)12(19)11(18)10(6-17)24-14/h3-5,10-15,17-21H,2,6H2,1H3/q-1. The zero-order valence-electron chi connectivity index (χ0n) is 12.9. The summed E-state index contributed by atoms with van der Waals surface area (Å²) >= 11 is 0. The molecule has 1 aromatic carbocycles. The molecule has 1 saturated heterocycles. The number of aliphatic hydroxyl groups excluding tert-OH is 4. The van der Waals surface area contributed by atoms with Crippen molar-refractivity contribution < 1.29 is 35.1 Å². The van der Waals surface area contributed by atoms with Crippen LogP contribution >= 0.6 is 0 Å². The molecule has 0 radical (unpaired) electrons. The minimum atomic E-state index is -1.56. The van der Waals surface area contributed by atoms with Crippen LogP contribution in [0.15, 0.2) is 18.2 Å². The van der Waals surface area contributed by atoms with E-state index in [9.17, 15) is 25.7 Å². The van der Waals surface area contributed by atoms with Crippen molar-refractivity contribution in [2.45, 2.75) is 37.6 Å². The van der Waals surface area contributed by atoms with E-state index in [0.29, 0.717) is 12.4 Å². The van der Waals surface area contributed by atoms with Gasteiger partial charge >= 0.3 is 0 Å². The van der Waals surface area contributed by atoms with Crippen molar-refractivity contribution in [3.63, 3.8) is 0 Å². The van der Waals surface area contributed by atoms with Gasteiger partial charge in [0.15, 0.2) is 6.23 Å². The summed E-state index contributed by atoms with van der Waals surface area (Å²) in [6, 6.07) is 4.23. The van der Waals surface area contributed by atoms with Crippen LogP contribution in [-0.4, -0.2) is 69.5 Å². The van der Waals surface area contributed by atoms with E-state index in [4.69, 9.17) is 14.6 Å². The molecule has 1 aliphatic rings. The molecule has 0 saturated carbocycles. The quantitative estimate of drug-likeness (QED) is 0.353. The fourth-order valence-corrected chi connectivity index (χ4v) is 2.42. The van der Waals surface area contributed by atoms with Crippen molar-refractivity contribution in [1.29, 1.82) is 0 Å². The summed E-state index contributed by atoms with van der Waals surface area (Å²) in [5, 5.41) is 61.5. The molecule has 24 heavy (non-hydrogen) atoms.